The molecule has 0 atom stereocenters. The van der Waals surface area contributed by atoms with Gasteiger partial charge >= 0.3 is 0 Å². The molecular weight excluding hydrogens is 370 g/mol. The summed E-state index contributed by atoms with van der Waals surface area (Å²) in [4.78, 5) is 4.57. The average Bonchev–Trinajstić information content (AvgIpc) is 2.81. The Morgan fingerprint density at radius 1 is 1.21 bits per heavy atom. The molecule has 5 nitrogen and oxygen atoms in total. The molecule has 24 heavy (non-hydrogen) atoms. The number of halogens is 1. The van der Waals surface area contributed by atoms with Gasteiger partial charge in [0.2, 0.25) is 5.88 Å². The fourth-order valence-corrected chi connectivity index (χ4v) is 2.95. The molecule has 1 aromatic carbocycles. The molecule has 0 spiro atoms. The molecule has 0 fully saturated rings. The molecule has 0 aliphatic heterocycles. The summed E-state index contributed by atoms with van der Waals surface area (Å²) in [5, 5.41) is 14.4. The molecule has 0 saturated carbocycles. The standard InChI is InChI=1S/C18H20BrN3O2/c1-11-6-5-7-12(2)16(11)24-17-13(19)8-14-15(20-17)9-22(21-14)10-18(3,4)23/h5-9,23H,10H2,1-4H3. The summed E-state index contributed by atoms with van der Waals surface area (Å²) >= 11 is 3.51. The van der Waals surface area contributed by atoms with Crippen molar-refractivity contribution in [2.45, 2.75) is 39.8 Å². The molecule has 0 aliphatic carbocycles. The van der Waals surface area contributed by atoms with E-state index >= 15 is 0 Å². The van der Waals surface area contributed by atoms with Crippen molar-refractivity contribution in [1.82, 2.24) is 14.8 Å². The topological polar surface area (TPSA) is 60.2 Å². The van der Waals surface area contributed by atoms with Crippen molar-refractivity contribution in [3.8, 4) is 11.6 Å². The maximum absolute atomic E-state index is 9.95. The molecule has 0 amide bonds. The van der Waals surface area contributed by atoms with Gasteiger partial charge in [0.05, 0.1) is 22.8 Å². The molecular formula is C18H20BrN3O2. The molecule has 0 unspecified atom stereocenters. The number of pyridine rings is 1. The monoisotopic (exact) mass is 389 g/mol. The first-order chi connectivity index (χ1) is 11.2. The zero-order valence-electron chi connectivity index (χ0n) is 14.2. The number of hydrogen-bond donors (Lipinski definition) is 1. The first-order valence-electron chi connectivity index (χ1n) is 7.73. The third-order valence-electron chi connectivity index (χ3n) is 3.62. The second kappa shape index (κ2) is 6.18. The fraction of sp³-hybridized carbons (Fsp3) is 0.333. The number of hydrogen-bond acceptors (Lipinski definition) is 4. The summed E-state index contributed by atoms with van der Waals surface area (Å²) in [6.45, 7) is 7.91. The molecule has 1 N–H and O–H groups in total. The second-order valence-electron chi connectivity index (χ2n) is 6.64. The predicted octanol–water partition coefficient (Wildman–Crippen LogP) is 4.37. The van der Waals surface area contributed by atoms with E-state index in [4.69, 9.17) is 4.74 Å². The van der Waals surface area contributed by atoms with Crippen LogP contribution in [-0.4, -0.2) is 25.5 Å². The molecule has 0 saturated heterocycles. The molecule has 3 aromatic rings. The third-order valence-corrected chi connectivity index (χ3v) is 4.18. The lowest BCUT2D eigenvalue weighted by Gasteiger charge is -2.16. The van der Waals surface area contributed by atoms with E-state index in [1.807, 2.05) is 44.3 Å². The van der Waals surface area contributed by atoms with Crippen LogP contribution in [0.4, 0.5) is 0 Å². The minimum atomic E-state index is -0.836. The Kier molecular flexibility index (Phi) is 4.36. The van der Waals surface area contributed by atoms with Crippen molar-refractivity contribution < 1.29 is 9.84 Å². The van der Waals surface area contributed by atoms with Crippen LogP contribution in [-0.2, 0) is 6.54 Å². The summed E-state index contributed by atoms with van der Waals surface area (Å²) in [5.41, 5.74) is 2.75. The van der Waals surface area contributed by atoms with Gasteiger partial charge in [-0.05, 0) is 60.8 Å². The second-order valence-corrected chi connectivity index (χ2v) is 7.50. The van der Waals surface area contributed by atoms with Gasteiger partial charge in [0.25, 0.3) is 0 Å². The van der Waals surface area contributed by atoms with Crippen LogP contribution < -0.4 is 4.74 Å². The maximum Gasteiger partial charge on any atom is 0.234 e. The largest absolute Gasteiger partial charge is 0.437 e. The number of para-hydroxylation sites is 1. The van der Waals surface area contributed by atoms with Gasteiger partial charge in [-0.2, -0.15) is 5.10 Å². The van der Waals surface area contributed by atoms with Gasteiger partial charge in [-0.25, -0.2) is 4.98 Å². The van der Waals surface area contributed by atoms with Crippen LogP contribution in [0.25, 0.3) is 11.0 Å². The van der Waals surface area contributed by atoms with Crippen LogP contribution in [0.15, 0.2) is 34.9 Å². The van der Waals surface area contributed by atoms with E-state index in [0.29, 0.717) is 12.4 Å². The Labute approximate surface area is 149 Å². The highest BCUT2D eigenvalue weighted by molar-refractivity contribution is 9.10. The first kappa shape index (κ1) is 16.9. The molecule has 3 rings (SSSR count). The Morgan fingerprint density at radius 3 is 2.50 bits per heavy atom. The quantitative estimate of drug-likeness (QED) is 0.719. The lowest BCUT2D eigenvalue weighted by Crippen LogP contribution is -2.26. The van der Waals surface area contributed by atoms with Crippen molar-refractivity contribution in [3.05, 3.63) is 46.1 Å². The van der Waals surface area contributed by atoms with E-state index in [2.05, 4.69) is 26.0 Å². The number of rotatable bonds is 4. The lowest BCUT2D eigenvalue weighted by molar-refractivity contribution is 0.0580. The Bertz CT molecular complexity index is 877. The van der Waals surface area contributed by atoms with Crippen molar-refractivity contribution in [3.63, 3.8) is 0 Å². The number of nitrogens with zero attached hydrogens (tertiary/aromatic N) is 3. The van der Waals surface area contributed by atoms with Crippen LogP contribution in [0.2, 0.25) is 0 Å². The lowest BCUT2D eigenvalue weighted by atomic mass is 10.1. The number of benzene rings is 1. The fourth-order valence-electron chi connectivity index (χ4n) is 2.57. The number of aryl methyl sites for hydroxylation is 2. The van der Waals surface area contributed by atoms with Gasteiger partial charge in [0.1, 0.15) is 16.8 Å². The number of fused-ring (bicyclic) bond motifs is 1. The minimum Gasteiger partial charge on any atom is -0.437 e. The van der Waals surface area contributed by atoms with Crippen molar-refractivity contribution >= 4 is 27.0 Å². The number of aliphatic hydroxyl groups is 1. The summed E-state index contributed by atoms with van der Waals surface area (Å²) in [7, 11) is 0. The van der Waals surface area contributed by atoms with Crippen molar-refractivity contribution in [1.29, 1.82) is 0 Å². The zero-order valence-corrected chi connectivity index (χ0v) is 15.8. The number of aromatic nitrogens is 3. The average molecular weight is 390 g/mol. The highest BCUT2D eigenvalue weighted by atomic mass is 79.9. The van der Waals surface area contributed by atoms with E-state index < -0.39 is 5.60 Å². The summed E-state index contributed by atoms with van der Waals surface area (Å²) in [6.07, 6.45) is 1.82. The molecule has 0 aliphatic rings. The summed E-state index contributed by atoms with van der Waals surface area (Å²) in [5.74, 6) is 1.32. The first-order valence-corrected chi connectivity index (χ1v) is 8.52. The number of ether oxygens (including phenoxy) is 1. The van der Waals surface area contributed by atoms with Crippen LogP contribution >= 0.6 is 15.9 Å². The van der Waals surface area contributed by atoms with Gasteiger partial charge in [0.15, 0.2) is 0 Å². The molecule has 2 heterocycles. The van der Waals surface area contributed by atoms with Gasteiger partial charge < -0.3 is 9.84 Å². The van der Waals surface area contributed by atoms with Gasteiger partial charge in [0, 0.05) is 0 Å². The van der Waals surface area contributed by atoms with Gasteiger partial charge in [-0.15, -0.1) is 0 Å². The Balaban J connectivity index is 1.98. The molecule has 6 heteroatoms. The highest BCUT2D eigenvalue weighted by Gasteiger charge is 2.17. The smallest absolute Gasteiger partial charge is 0.234 e. The highest BCUT2D eigenvalue weighted by Crippen LogP contribution is 2.33. The van der Waals surface area contributed by atoms with Crippen LogP contribution in [0.3, 0.4) is 0 Å². The van der Waals surface area contributed by atoms with E-state index in [0.717, 1.165) is 32.4 Å². The Hall–Kier alpha value is -1.92. The SMILES string of the molecule is Cc1cccc(C)c1Oc1nc2cn(CC(C)(C)O)nc2cc1Br. The van der Waals surface area contributed by atoms with E-state index in [9.17, 15) is 5.11 Å². The van der Waals surface area contributed by atoms with E-state index in [1.54, 1.807) is 18.5 Å². The summed E-state index contributed by atoms with van der Waals surface area (Å²) in [6, 6.07) is 7.91. The molecule has 0 bridgehead atoms. The van der Waals surface area contributed by atoms with Crippen LogP contribution in [0, 0.1) is 13.8 Å². The van der Waals surface area contributed by atoms with Crippen molar-refractivity contribution in [2.75, 3.05) is 0 Å². The maximum atomic E-state index is 9.95. The molecule has 0 radical (unpaired) electrons. The summed E-state index contributed by atoms with van der Waals surface area (Å²) < 4.78 is 8.49. The van der Waals surface area contributed by atoms with E-state index in [1.165, 1.54) is 0 Å². The minimum absolute atomic E-state index is 0.397. The van der Waals surface area contributed by atoms with Crippen molar-refractivity contribution in [2.24, 2.45) is 0 Å². The van der Waals surface area contributed by atoms with E-state index in [-0.39, 0.29) is 0 Å². The van der Waals surface area contributed by atoms with Gasteiger partial charge in [-0.3, -0.25) is 4.68 Å². The third kappa shape index (κ3) is 3.60. The molecule has 126 valence electrons. The normalized spacial score (nSPS) is 11.9. The molecule has 2 aromatic heterocycles. The van der Waals surface area contributed by atoms with Gasteiger partial charge in [-0.1, -0.05) is 18.2 Å². The van der Waals surface area contributed by atoms with Crippen LogP contribution in [0.5, 0.6) is 11.6 Å². The Morgan fingerprint density at radius 2 is 1.88 bits per heavy atom. The predicted molar refractivity (Wildman–Crippen MR) is 97.5 cm³/mol. The van der Waals surface area contributed by atoms with Crippen LogP contribution in [0.1, 0.15) is 25.0 Å². The zero-order chi connectivity index (χ0) is 17.5.